The van der Waals surface area contributed by atoms with Crippen molar-refractivity contribution in [1.82, 2.24) is 0 Å². The lowest BCUT2D eigenvalue weighted by Crippen LogP contribution is -2.08. The number of carboxylic acid groups (broad SMARTS) is 1. The number of carbonyl (C=O) groups is 1. The summed E-state index contributed by atoms with van der Waals surface area (Å²) in [5.74, 6) is -0.956. The van der Waals surface area contributed by atoms with Crippen molar-refractivity contribution in [3.63, 3.8) is 0 Å². The maximum atomic E-state index is 10.9. The molecule has 0 saturated heterocycles. The van der Waals surface area contributed by atoms with Gasteiger partial charge in [-0.15, -0.1) is 0 Å². The van der Waals surface area contributed by atoms with Gasteiger partial charge in [-0.3, -0.25) is 10.3 Å². The molecule has 0 amide bonds. The van der Waals surface area contributed by atoms with Crippen LogP contribution in [0, 0.1) is 0 Å². The van der Waals surface area contributed by atoms with Crippen LogP contribution in [-0.2, 0) is 4.84 Å². The molecule has 0 aliphatic rings. The monoisotopic (exact) mass is 237 g/mol. The van der Waals surface area contributed by atoms with Gasteiger partial charge in [0.1, 0.15) is 0 Å². The first-order valence-corrected chi connectivity index (χ1v) is 5.95. The molecular weight excluding hydrogens is 218 g/mol. The number of aromatic carboxylic acids is 1. The Morgan fingerprint density at radius 3 is 2.76 bits per heavy atom. The van der Waals surface area contributed by atoms with Crippen LogP contribution < -0.4 is 5.48 Å². The van der Waals surface area contributed by atoms with Crippen LogP contribution in [0.15, 0.2) is 24.3 Å². The number of carboxylic acids is 1. The number of hydrogen-bond acceptors (Lipinski definition) is 3. The summed E-state index contributed by atoms with van der Waals surface area (Å²) in [7, 11) is 0. The number of benzene rings is 1. The molecule has 0 fully saturated rings. The Morgan fingerprint density at radius 1 is 1.29 bits per heavy atom. The predicted octanol–water partition coefficient (Wildman–Crippen LogP) is 3.31. The van der Waals surface area contributed by atoms with Gasteiger partial charge in [-0.05, 0) is 18.6 Å². The molecule has 0 aliphatic heterocycles. The third-order valence-electron chi connectivity index (χ3n) is 2.44. The lowest BCUT2D eigenvalue weighted by atomic mass is 10.2. The van der Waals surface area contributed by atoms with E-state index in [0.717, 1.165) is 12.8 Å². The first kappa shape index (κ1) is 13.5. The quantitative estimate of drug-likeness (QED) is 0.538. The van der Waals surface area contributed by atoms with Crippen molar-refractivity contribution in [1.29, 1.82) is 0 Å². The maximum absolute atomic E-state index is 10.9. The highest BCUT2D eigenvalue weighted by Crippen LogP contribution is 2.14. The Balaban J connectivity index is 2.34. The fourth-order valence-electron chi connectivity index (χ4n) is 1.49. The van der Waals surface area contributed by atoms with Gasteiger partial charge in [0.25, 0.3) is 0 Å². The largest absolute Gasteiger partial charge is 0.478 e. The van der Waals surface area contributed by atoms with E-state index in [9.17, 15) is 4.79 Å². The smallest absolute Gasteiger partial charge is 0.337 e. The highest BCUT2D eigenvalue weighted by molar-refractivity contribution is 5.93. The summed E-state index contributed by atoms with van der Waals surface area (Å²) < 4.78 is 0. The minimum Gasteiger partial charge on any atom is -0.478 e. The standard InChI is InChI=1S/C13H19NO3/c1-2-3-4-7-10-17-14-12-9-6-5-8-11(12)13(15)16/h5-6,8-9,14H,2-4,7,10H2,1H3,(H,15,16). The van der Waals surface area contributed by atoms with Gasteiger partial charge in [-0.2, -0.15) is 0 Å². The van der Waals surface area contributed by atoms with Gasteiger partial charge in [0.15, 0.2) is 0 Å². The Bertz CT molecular complexity index is 352. The summed E-state index contributed by atoms with van der Waals surface area (Å²) in [4.78, 5) is 16.1. The number of rotatable bonds is 8. The first-order chi connectivity index (χ1) is 8.25. The van der Waals surface area contributed by atoms with Crippen LogP contribution in [0.5, 0.6) is 0 Å². The molecular formula is C13H19NO3. The number of nitrogens with one attached hydrogen (secondary N) is 1. The van der Waals surface area contributed by atoms with Gasteiger partial charge >= 0.3 is 5.97 Å². The van der Waals surface area contributed by atoms with Crippen molar-refractivity contribution < 1.29 is 14.7 Å². The Hall–Kier alpha value is -1.55. The zero-order valence-electron chi connectivity index (χ0n) is 10.1. The molecule has 0 heterocycles. The molecule has 4 heteroatoms. The fraction of sp³-hybridized carbons (Fsp3) is 0.462. The molecule has 0 saturated carbocycles. The molecule has 0 unspecified atom stereocenters. The summed E-state index contributed by atoms with van der Waals surface area (Å²) in [6.45, 7) is 2.75. The van der Waals surface area contributed by atoms with E-state index >= 15 is 0 Å². The van der Waals surface area contributed by atoms with Crippen LogP contribution >= 0.6 is 0 Å². The van der Waals surface area contributed by atoms with Crippen molar-refractivity contribution >= 4 is 11.7 Å². The molecule has 4 nitrogen and oxygen atoms in total. The van der Waals surface area contributed by atoms with Crippen LogP contribution in [0.1, 0.15) is 43.0 Å². The second-order valence-electron chi connectivity index (χ2n) is 3.86. The van der Waals surface area contributed by atoms with E-state index in [1.807, 2.05) is 0 Å². The third-order valence-corrected chi connectivity index (χ3v) is 2.44. The van der Waals surface area contributed by atoms with Gasteiger partial charge < -0.3 is 5.11 Å². The average molecular weight is 237 g/mol. The van der Waals surface area contributed by atoms with E-state index in [4.69, 9.17) is 9.94 Å². The molecule has 0 radical (unpaired) electrons. The number of anilines is 1. The van der Waals surface area contributed by atoms with E-state index in [1.165, 1.54) is 12.8 Å². The van der Waals surface area contributed by atoms with Crippen LogP contribution in [0.2, 0.25) is 0 Å². The van der Waals surface area contributed by atoms with Crippen molar-refractivity contribution in [2.24, 2.45) is 0 Å². The molecule has 0 bridgehead atoms. The van der Waals surface area contributed by atoms with E-state index in [-0.39, 0.29) is 5.56 Å². The van der Waals surface area contributed by atoms with Crippen LogP contribution in [-0.4, -0.2) is 17.7 Å². The second-order valence-corrected chi connectivity index (χ2v) is 3.86. The van der Waals surface area contributed by atoms with Gasteiger partial charge in [-0.25, -0.2) is 4.79 Å². The first-order valence-electron chi connectivity index (χ1n) is 5.95. The highest BCUT2D eigenvalue weighted by Gasteiger charge is 2.08. The topological polar surface area (TPSA) is 58.6 Å². The fourth-order valence-corrected chi connectivity index (χ4v) is 1.49. The summed E-state index contributed by atoms with van der Waals surface area (Å²) in [6, 6.07) is 6.70. The Labute approximate surface area is 102 Å². The normalized spacial score (nSPS) is 10.2. The third kappa shape index (κ3) is 4.87. The molecule has 1 aromatic rings. The van der Waals surface area contributed by atoms with E-state index in [1.54, 1.807) is 24.3 Å². The molecule has 1 aromatic carbocycles. The average Bonchev–Trinajstić information content (AvgIpc) is 2.34. The maximum Gasteiger partial charge on any atom is 0.337 e. The van der Waals surface area contributed by atoms with Gasteiger partial charge in [0.05, 0.1) is 17.9 Å². The summed E-state index contributed by atoms with van der Waals surface area (Å²) in [5, 5.41) is 8.94. The van der Waals surface area contributed by atoms with Gasteiger partial charge in [0, 0.05) is 0 Å². The molecule has 17 heavy (non-hydrogen) atoms. The lowest BCUT2D eigenvalue weighted by Gasteiger charge is -2.09. The van der Waals surface area contributed by atoms with Crippen molar-refractivity contribution in [3.05, 3.63) is 29.8 Å². The molecule has 0 aromatic heterocycles. The van der Waals surface area contributed by atoms with Crippen molar-refractivity contribution in [3.8, 4) is 0 Å². The number of para-hydroxylation sites is 1. The molecule has 94 valence electrons. The predicted molar refractivity (Wildman–Crippen MR) is 67.1 cm³/mol. The summed E-state index contributed by atoms with van der Waals surface area (Å²) >= 11 is 0. The van der Waals surface area contributed by atoms with Gasteiger partial charge in [-0.1, -0.05) is 38.3 Å². The van der Waals surface area contributed by atoms with E-state index in [2.05, 4.69) is 12.4 Å². The zero-order valence-corrected chi connectivity index (χ0v) is 10.1. The molecule has 2 N–H and O–H groups in total. The Kier molecular flexibility index (Phi) is 6.10. The van der Waals surface area contributed by atoms with Crippen LogP contribution in [0.25, 0.3) is 0 Å². The molecule has 0 atom stereocenters. The SMILES string of the molecule is CCCCCCONc1ccccc1C(=O)O. The van der Waals surface area contributed by atoms with Gasteiger partial charge in [0.2, 0.25) is 0 Å². The van der Waals surface area contributed by atoms with Crippen LogP contribution in [0.3, 0.4) is 0 Å². The number of hydrogen-bond donors (Lipinski definition) is 2. The van der Waals surface area contributed by atoms with Crippen molar-refractivity contribution in [2.75, 3.05) is 12.1 Å². The summed E-state index contributed by atoms with van der Waals surface area (Å²) in [5.41, 5.74) is 3.41. The van der Waals surface area contributed by atoms with E-state index in [0.29, 0.717) is 12.3 Å². The number of unbranched alkanes of at least 4 members (excludes halogenated alkanes) is 3. The zero-order chi connectivity index (χ0) is 12.5. The van der Waals surface area contributed by atoms with E-state index < -0.39 is 5.97 Å². The van der Waals surface area contributed by atoms with Crippen molar-refractivity contribution in [2.45, 2.75) is 32.6 Å². The lowest BCUT2D eigenvalue weighted by molar-refractivity contribution is 0.0696. The molecule has 1 rings (SSSR count). The summed E-state index contributed by atoms with van der Waals surface area (Å²) in [6.07, 6.45) is 4.51. The molecule has 0 aliphatic carbocycles. The molecule has 0 spiro atoms. The second kappa shape index (κ2) is 7.68. The highest BCUT2D eigenvalue weighted by atomic mass is 16.6. The minimum atomic E-state index is -0.956. The Morgan fingerprint density at radius 2 is 2.06 bits per heavy atom. The van der Waals surface area contributed by atoms with Crippen LogP contribution in [0.4, 0.5) is 5.69 Å². The minimum absolute atomic E-state index is 0.223.